The summed E-state index contributed by atoms with van der Waals surface area (Å²) in [6.45, 7) is 0.581. The summed E-state index contributed by atoms with van der Waals surface area (Å²) in [7, 11) is 1.84. The van der Waals surface area contributed by atoms with Gasteiger partial charge >= 0.3 is 0 Å². The maximum absolute atomic E-state index is 11.9. The average molecular weight is 408 g/mol. The molecule has 0 radical (unpaired) electrons. The molecule has 0 aromatic heterocycles. The van der Waals surface area contributed by atoms with Gasteiger partial charge in [-0.25, -0.2) is 0 Å². The SMILES string of the molecule is CSc1ccc(CN(C)CC(=O)NNC(=O)COc2ccc(Cl)cc2)cc1. The van der Waals surface area contributed by atoms with Crippen LogP contribution in [-0.4, -0.2) is 43.2 Å². The molecule has 0 aliphatic rings. The van der Waals surface area contributed by atoms with Crippen LogP contribution in [0.25, 0.3) is 0 Å². The number of hydrogen-bond donors (Lipinski definition) is 2. The molecule has 144 valence electrons. The third-order valence-electron chi connectivity index (χ3n) is 3.55. The summed E-state index contributed by atoms with van der Waals surface area (Å²) in [5.74, 6) is -0.236. The number of halogens is 1. The van der Waals surface area contributed by atoms with E-state index in [1.54, 1.807) is 36.0 Å². The summed E-state index contributed by atoms with van der Waals surface area (Å²) < 4.78 is 5.30. The molecule has 0 aliphatic carbocycles. The predicted octanol–water partition coefficient (Wildman–Crippen LogP) is 2.72. The Bertz CT molecular complexity index is 754. The molecule has 8 heteroatoms. The number of nitrogens with zero attached hydrogens (tertiary/aromatic N) is 1. The van der Waals surface area contributed by atoms with Gasteiger partial charge in [-0.15, -0.1) is 11.8 Å². The van der Waals surface area contributed by atoms with E-state index in [1.807, 2.05) is 30.3 Å². The molecule has 0 atom stereocenters. The fourth-order valence-electron chi connectivity index (χ4n) is 2.24. The van der Waals surface area contributed by atoms with Crippen molar-refractivity contribution in [2.24, 2.45) is 0 Å². The lowest BCUT2D eigenvalue weighted by atomic mass is 10.2. The first-order valence-corrected chi connectivity index (χ1v) is 9.84. The number of carbonyl (C=O) groups is 2. The number of thioether (sulfide) groups is 1. The van der Waals surface area contributed by atoms with Crippen molar-refractivity contribution in [2.45, 2.75) is 11.4 Å². The van der Waals surface area contributed by atoms with E-state index in [-0.39, 0.29) is 19.1 Å². The van der Waals surface area contributed by atoms with Gasteiger partial charge in [-0.3, -0.25) is 25.3 Å². The Kier molecular flexibility index (Phi) is 8.44. The first-order valence-electron chi connectivity index (χ1n) is 8.24. The van der Waals surface area contributed by atoms with Gasteiger partial charge in [0.05, 0.1) is 6.54 Å². The van der Waals surface area contributed by atoms with Crippen molar-refractivity contribution in [3.63, 3.8) is 0 Å². The second-order valence-corrected chi connectivity index (χ2v) is 7.18. The van der Waals surface area contributed by atoms with Crippen LogP contribution in [0.15, 0.2) is 53.4 Å². The van der Waals surface area contributed by atoms with Crippen LogP contribution in [0.1, 0.15) is 5.56 Å². The first-order chi connectivity index (χ1) is 13.0. The van der Waals surface area contributed by atoms with Crippen LogP contribution >= 0.6 is 23.4 Å². The van der Waals surface area contributed by atoms with Gasteiger partial charge in [-0.2, -0.15) is 0 Å². The number of benzene rings is 2. The van der Waals surface area contributed by atoms with Gasteiger partial charge in [0, 0.05) is 16.5 Å². The third-order valence-corrected chi connectivity index (χ3v) is 4.55. The van der Waals surface area contributed by atoms with E-state index >= 15 is 0 Å². The Morgan fingerprint density at radius 1 is 1.04 bits per heavy atom. The molecule has 0 heterocycles. The molecule has 2 rings (SSSR count). The van der Waals surface area contributed by atoms with Crippen LogP contribution in [0, 0.1) is 0 Å². The maximum Gasteiger partial charge on any atom is 0.276 e. The zero-order valence-corrected chi connectivity index (χ0v) is 16.8. The van der Waals surface area contributed by atoms with Crippen molar-refractivity contribution in [2.75, 3.05) is 26.5 Å². The standard InChI is InChI=1S/C19H22ClN3O3S/c1-23(11-14-3-9-17(27-2)10-4-14)12-18(24)21-22-19(25)13-26-16-7-5-15(20)6-8-16/h3-10H,11-13H2,1-2H3,(H,21,24)(H,22,25). The van der Waals surface area contributed by atoms with Crippen LogP contribution in [0.4, 0.5) is 0 Å². The summed E-state index contributed by atoms with van der Waals surface area (Å²) in [6.07, 6.45) is 2.03. The average Bonchev–Trinajstić information content (AvgIpc) is 2.66. The minimum Gasteiger partial charge on any atom is -0.484 e. The van der Waals surface area contributed by atoms with E-state index < -0.39 is 5.91 Å². The molecule has 2 amide bonds. The third kappa shape index (κ3) is 7.90. The quantitative estimate of drug-likeness (QED) is 0.520. The maximum atomic E-state index is 11.9. The molecule has 2 N–H and O–H groups in total. The fraction of sp³-hybridized carbons (Fsp3) is 0.263. The molecule has 6 nitrogen and oxygen atoms in total. The summed E-state index contributed by atoms with van der Waals surface area (Å²) in [5, 5.41) is 0.586. The van der Waals surface area contributed by atoms with E-state index in [0.29, 0.717) is 17.3 Å². The highest BCUT2D eigenvalue weighted by Crippen LogP contribution is 2.16. The van der Waals surface area contributed by atoms with Crippen molar-refractivity contribution in [1.29, 1.82) is 0 Å². The number of amides is 2. The molecule has 2 aromatic carbocycles. The molecule has 0 bridgehead atoms. The normalized spacial score (nSPS) is 10.5. The largest absolute Gasteiger partial charge is 0.484 e. The number of nitrogens with one attached hydrogen (secondary N) is 2. The lowest BCUT2D eigenvalue weighted by Gasteiger charge is -2.17. The lowest BCUT2D eigenvalue weighted by Crippen LogP contribution is -2.47. The molecule has 0 fully saturated rings. The molecule has 0 aliphatic heterocycles. The number of ether oxygens (including phenoxy) is 1. The molecular weight excluding hydrogens is 386 g/mol. The van der Waals surface area contributed by atoms with Gasteiger partial charge in [0.2, 0.25) is 0 Å². The number of hydrogen-bond acceptors (Lipinski definition) is 5. The summed E-state index contributed by atoms with van der Waals surface area (Å²) in [4.78, 5) is 26.7. The van der Waals surface area contributed by atoms with E-state index in [1.165, 1.54) is 4.90 Å². The number of rotatable bonds is 8. The van der Waals surface area contributed by atoms with E-state index in [4.69, 9.17) is 16.3 Å². The van der Waals surface area contributed by atoms with Gasteiger partial charge in [-0.1, -0.05) is 23.7 Å². The van der Waals surface area contributed by atoms with Crippen molar-refractivity contribution >= 4 is 35.2 Å². The Hall–Kier alpha value is -2.22. The van der Waals surface area contributed by atoms with Crippen molar-refractivity contribution in [3.8, 4) is 5.75 Å². The smallest absolute Gasteiger partial charge is 0.276 e. The van der Waals surface area contributed by atoms with E-state index in [0.717, 1.165) is 5.56 Å². The van der Waals surface area contributed by atoms with Crippen LogP contribution < -0.4 is 15.6 Å². The highest BCUT2D eigenvalue weighted by molar-refractivity contribution is 7.98. The second-order valence-electron chi connectivity index (χ2n) is 5.86. The molecule has 0 spiro atoms. The highest BCUT2D eigenvalue weighted by Gasteiger charge is 2.09. The van der Waals surface area contributed by atoms with Crippen molar-refractivity contribution in [1.82, 2.24) is 15.8 Å². The number of carbonyl (C=O) groups excluding carboxylic acids is 2. The van der Waals surface area contributed by atoms with E-state index in [2.05, 4.69) is 23.0 Å². The van der Waals surface area contributed by atoms with Crippen molar-refractivity contribution in [3.05, 3.63) is 59.1 Å². The number of hydrazine groups is 1. The summed E-state index contributed by atoms with van der Waals surface area (Å²) in [5.41, 5.74) is 5.82. The molecule has 2 aromatic rings. The van der Waals surface area contributed by atoms with Crippen LogP contribution in [-0.2, 0) is 16.1 Å². The zero-order chi connectivity index (χ0) is 19.6. The Labute approximate surface area is 168 Å². The molecular formula is C19H22ClN3O3S. The summed E-state index contributed by atoms with van der Waals surface area (Å²) in [6, 6.07) is 14.8. The topological polar surface area (TPSA) is 70.7 Å². The Balaban J connectivity index is 1.66. The van der Waals surface area contributed by atoms with Gasteiger partial charge < -0.3 is 4.74 Å². The van der Waals surface area contributed by atoms with Crippen LogP contribution in [0.3, 0.4) is 0 Å². The van der Waals surface area contributed by atoms with Crippen LogP contribution in [0.2, 0.25) is 5.02 Å². The molecule has 0 saturated heterocycles. The lowest BCUT2D eigenvalue weighted by molar-refractivity contribution is -0.130. The van der Waals surface area contributed by atoms with Crippen LogP contribution in [0.5, 0.6) is 5.75 Å². The monoisotopic (exact) mass is 407 g/mol. The van der Waals surface area contributed by atoms with Gasteiger partial charge in [-0.05, 0) is 55.3 Å². The highest BCUT2D eigenvalue weighted by atomic mass is 35.5. The van der Waals surface area contributed by atoms with Crippen molar-refractivity contribution < 1.29 is 14.3 Å². The molecule has 0 unspecified atom stereocenters. The minimum atomic E-state index is -0.450. The van der Waals surface area contributed by atoms with Gasteiger partial charge in [0.25, 0.3) is 11.8 Å². The van der Waals surface area contributed by atoms with Gasteiger partial charge in [0.1, 0.15) is 5.75 Å². The molecule has 0 saturated carbocycles. The van der Waals surface area contributed by atoms with Gasteiger partial charge in [0.15, 0.2) is 6.61 Å². The zero-order valence-electron chi connectivity index (χ0n) is 15.2. The predicted molar refractivity (Wildman–Crippen MR) is 108 cm³/mol. The first kappa shape index (κ1) is 21.1. The Morgan fingerprint density at radius 2 is 1.67 bits per heavy atom. The Morgan fingerprint density at radius 3 is 2.30 bits per heavy atom. The molecule has 27 heavy (non-hydrogen) atoms. The minimum absolute atomic E-state index is 0.155. The second kappa shape index (κ2) is 10.8. The summed E-state index contributed by atoms with van der Waals surface area (Å²) >= 11 is 7.46. The van der Waals surface area contributed by atoms with E-state index in [9.17, 15) is 9.59 Å². The fourth-order valence-corrected chi connectivity index (χ4v) is 2.77. The number of likely N-dealkylation sites (N-methyl/N-ethyl adjacent to an activating group) is 1.